The molecule has 30 heavy (non-hydrogen) atoms. The summed E-state index contributed by atoms with van der Waals surface area (Å²) in [4.78, 5) is 30.7. The van der Waals surface area contributed by atoms with Crippen molar-refractivity contribution in [2.45, 2.75) is 73.1 Å². The van der Waals surface area contributed by atoms with Crippen LogP contribution in [0, 0.1) is 12.3 Å². The van der Waals surface area contributed by atoms with Crippen molar-refractivity contribution in [3.63, 3.8) is 0 Å². The maximum absolute atomic E-state index is 13.5. The van der Waals surface area contributed by atoms with Crippen LogP contribution in [0.25, 0.3) is 20.5 Å². The maximum atomic E-state index is 13.5. The quantitative estimate of drug-likeness (QED) is 0.361. The van der Waals surface area contributed by atoms with Gasteiger partial charge in [0.15, 0.2) is 11.6 Å². The van der Waals surface area contributed by atoms with Crippen LogP contribution in [0.5, 0.6) is 0 Å². The molecule has 1 aliphatic carbocycles. The first-order valence-corrected chi connectivity index (χ1v) is 12.1. The standard InChI is InChI=1S/C26H30O2S2/c1-13-12-15-19(30-23(20(15)29-13)25(5,6)7)14-10-11-16(24(2,3)4)18-17(14)21(27)26(8,9)22(18)28/h10-12H,1-9H3. The molecule has 0 radical (unpaired) electrons. The normalized spacial score (nSPS) is 16.6. The average molecular weight is 439 g/mol. The molecular formula is C26H30O2S2. The zero-order valence-electron chi connectivity index (χ0n) is 19.4. The Kier molecular flexibility index (Phi) is 4.55. The molecule has 4 heteroatoms. The molecule has 0 unspecified atom stereocenters. The average Bonchev–Trinajstić information content (AvgIpc) is 3.19. The molecule has 2 nitrogen and oxygen atoms in total. The maximum Gasteiger partial charge on any atom is 0.177 e. The summed E-state index contributed by atoms with van der Waals surface area (Å²) in [6, 6.07) is 6.39. The summed E-state index contributed by atoms with van der Waals surface area (Å²) >= 11 is 3.60. The molecule has 0 saturated heterocycles. The monoisotopic (exact) mass is 438 g/mol. The van der Waals surface area contributed by atoms with Gasteiger partial charge in [0.2, 0.25) is 0 Å². The zero-order chi connectivity index (χ0) is 22.4. The van der Waals surface area contributed by atoms with E-state index in [4.69, 9.17) is 0 Å². The molecule has 4 rings (SSSR count). The minimum atomic E-state index is -1.01. The van der Waals surface area contributed by atoms with Crippen molar-refractivity contribution in [2.24, 2.45) is 5.41 Å². The van der Waals surface area contributed by atoms with E-state index in [-0.39, 0.29) is 22.4 Å². The molecule has 0 bridgehead atoms. The summed E-state index contributed by atoms with van der Waals surface area (Å²) in [7, 11) is 0. The van der Waals surface area contributed by atoms with E-state index < -0.39 is 5.41 Å². The summed E-state index contributed by atoms with van der Waals surface area (Å²) in [5.74, 6) is -0.0889. The summed E-state index contributed by atoms with van der Waals surface area (Å²) in [6.45, 7) is 18.7. The van der Waals surface area contributed by atoms with Crippen molar-refractivity contribution in [1.82, 2.24) is 0 Å². The molecule has 158 valence electrons. The lowest BCUT2D eigenvalue weighted by atomic mass is 9.80. The third-order valence-corrected chi connectivity index (χ3v) is 8.90. The van der Waals surface area contributed by atoms with Crippen LogP contribution in [0.1, 0.15) is 91.4 Å². The number of carbonyl (C=O) groups excluding carboxylic acids is 2. The second-order valence-electron chi connectivity index (χ2n) is 11.1. The Morgan fingerprint density at radius 3 is 2.00 bits per heavy atom. The van der Waals surface area contributed by atoms with Crippen LogP contribution in [0.15, 0.2) is 18.2 Å². The number of Topliss-reactive ketones (excluding diaryl/α,β-unsaturated/α-hetero) is 2. The molecule has 0 fully saturated rings. The Hall–Kier alpha value is -1.78. The molecule has 1 aliphatic rings. The number of ketones is 2. The highest BCUT2D eigenvalue weighted by atomic mass is 32.1. The van der Waals surface area contributed by atoms with Gasteiger partial charge in [-0.1, -0.05) is 53.7 Å². The third kappa shape index (κ3) is 2.95. The number of rotatable bonds is 1. The van der Waals surface area contributed by atoms with Crippen LogP contribution < -0.4 is 0 Å². The number of hydrogen-bond acceptors (Lipinski definition) is 4. The Morgan fingerprint density at radius 2 is 1.43 bits per heavy atom. The highest BCUT2D eigenvalue weighted by Gasteiger charge is 2.49. The summed E-state index contributed by atoms with van der Waals surface area (Å²) < 4.78 is 1.31. The number of aryl methyl sites for hydroxylation is 1. The van der Waals surface area contributed by atoms with Crippen molar-refractivity contribution in [1.29, 1.82) is 0 Å². The second-order valence-corrected chi connectivity index (χ2v) is 13.3. The van der Waals surface area contributed by atoms with Gasteiger partial charge in [0.25, 0.3) is 0 Å². The van der Waals surface area contributed by atoms with E-state index in [1.165, 1.54) is 19.8 Å². The van der Waals surface area contributed by atoms with E-state index in [1.54, 1.807) is 25.2 Å². The van der Waals surface area contributed by atoms with Crippen molar-refractivity contribution in [3.05, 3.63) is 44.6 Å². The van der Waals surface area contributed by atoms with Crippen LogP contribution >= 0.6 is 22.7 Å². The fourth-order valence-corrected chi connectivity index (χ4v) is 7.11. The number of benzene rings is 1. The van der Waals surface area contributed by atoms with Crippen LogP contribution in [-0.4, -0.2) is 11.6 Å². The van der Waals surface area contributed by atoms with Crippen molar-refractivity contribution in [3.8, 4) is 10.4 Å². The van der Waals surface area contributed by atoms with Crippen LogP contribution in [0.3, 0.4) is 0 Å². The van der Waals surface area contributed by atoms with Gasteiger partial charge in [0.05, 0.1) is 5.41 Å². The van der Waals surface area contributed by atoms with Gasteiger partial charge in [0, 0.05) is 41.4 Å². The predicted octanol–water partition coefficient (Wildman–Crippen LogP) is 7.94. The van der Waals surface area contributed by atoms with E-state index >= 15 is 0 Å². The first-order valence-electron chi connectivity index (χ1n) is 10.5. The van der Waals surface area contributed by atoms with Crippen LogP contribution in [0.2, 0.25) is 0 Å². The Morgan fingerprint density at radius 1 is 0.833 bits per heavy atom. The van der Waals surface area contributed by atoms with E-state index in [0.717, 1.165) is 16.0 Å². The molecule has 2 heterocycles. The lowest BCUT2D eigenvalue weighted by Crippen LogP contribution is -2.26. The van der Waals surface area contributed by atoms with E-state index in [1.807, 2.05) is 11.3 Å². The number of thiophene rings is 2. The minimum Gasteiger partial charge on any atom is -0.293 e. The molecule has 2 aromatic heterocycles. The first-order chi connectivity index (χ1) is 13.7. The molecule has 0 amide bonds. The Bertz CT molecular complexity index is 1220. The highest BCUT2D eigenvalue weighted by Crippen LogP contribution is 2.51. The van der Waals surface area contributed by atoms with Crippen LogP contribution in [-0.2, 0) is 10.8 Å². The first kappa shape index (κ1) is 21.5. The van der Waals surface area contributed by atoms with E-state index in [2.05, 4.69) is 66.7 Å². The Balaban J connectivity index is 2.11. The van der Waals surface area contributed by atoms with Crippen molar-refractivity contribution in [2.75, 3.05) is 0 Å². The van der Waals surface area contributed by atoms with E-state index in [9.17, 15) is 9.59 Å². The van der Waals surface area contributed by atoms with Crippen LogP contribution in [0.4, 0.5) is 0 Å². The molecule has 3 aromatic rings. The van der Waals surface area contributed by atoms with Gasteiger partial charge < -0.3 is 0 Å². The highest BCUT2D eigenvalue weighted by molar-refractivity contribution is 7.26. The van der Waals surface area contributed by atoms with Gasteiger partial charge in [-0.15, -0.1) is 22.7 Å². The summed E-state index contributed by atoms with van der Waals surface area (Å²) in [5.41, 5.74) is 1.96. The second kappa shape index (κ2) is 6.37. The fraction of sp³-hybridized carbons (Fsp3) is 0.462. The SMILES string of the molecule is Cc1cc2c(-c3ccc(C(C)(C)C)c4c3C(=O)C(C)(C)C4=O)sc(C(C)(C)C)c2s1. The van der Waals surface area contributed by atoms with Crippen molar-refractivity contribution >= 4 is 44.3 Å². The molecule has 0 N–H and O–H groups in total. The number of hydrogen-bond donors (Lipinski definition) is 0. The molecule has 0 saturated carbocycles. The molecule has 0 atom stereocenters. The zero-order valence-corrected chi connectivity index (χ0v) is 21.0. The fourth-order valence-electron chi connectivity index (χ4n) is 4.37. The van der Waals surface area contributed by atoms with Gasteiger partial charge in [-0.25, -0.2) is 0 Å². The smallest absolute Gasteiger partial charge is 0.177 e. The van der Waals surface area contributed by atoms with Gasteiger partial charge in [-0.3, -0.25) is 9.59 Å². The summed E-state index contributed by atoms with van der Waals surface area (Å²) in [5, 5.41) is 1.21. The molecule has 0 spiro atoms. The van der Waals surface area contributed by atoms with Gasteiger partial charge >= 0.3 is 0 Å². The molecular weight excluding hydrogens is 408 g/mol. The lowest BCUT2D eigenvalue weighted by Gasteiger charge is -2.23. The van der Waals surface area contributed by atoms with Gasteiger partial charge in [-0.2, -0.15) is 0 Å². The Labute approximate surface area is 187 Å². The summed E-state index contributed by atoms with van der Waals surface area (Å²) in [6.07, 6.45) is 0. The molecule has 1 aromatic carbocycles. The van der Waals surface area contributed by atoms with Crippen molar-refractivity contribution < 1.29 is 9.59 Å². The lowest BCUT2D eigenvalue weighted by molar-refractivity contribution is 0.0746. The topological polar surface area (TPSA) is 34.1 Å². The predicted molar refractivity (Wildman–Crippen MR) is 130 cm³/mol. The van der Waals surface area contributed by atoms with E-state index in [0.29, 0.717) is 11.1 Å². The minimum absolute atomic E-state index is 0.0199. The molecule has 0 aliphatic heterocycles. The number of carbonyl (C=O) groups is 2. The van der Waals surface area contributed by atoms with Gasteiger partial charge in [0.1, 0.15) is 0 Å². The largest absolute Gasteiger partial charge is 0.293 e. The third-order valence-electron chi connectivity index (χ3n) is 6.04. The number of fused-ring (bicyclic) bond motifs is 2. The van der Waals surface area contributed by atoms with Gasteiger partial charge in [-0.05, 0) is 43.2 Å².